The van der Waals surface area contributed by atoms with Crippen LogP contribution in [0.25, 0.3) is 0 Å². The fourth-order valence-electron chi connectivity index (χ4n) is 2.00. The van der Waals surface area contributed by atoms with Gasteiger partial charge in [0.05, 0.1) is 5.02 Å². The smallest absolute Gasteiger partial charge is 0.193 e. The lowest BCUT2D eigenvalue weighted by Gasteiger charge is -2.09. The van der Waals surface area contributed by atoms with Gasteiger partial charge in [-0.05, 0) is 61.7 Å². The summed E-state index contributed by atoms with van der Waals surface area (Å²) >= 11 is 5.62. The highest BCUT2D eigenvalue weighted by Gasteiger charge is 2.14. The quantitative estimate of drug-likeness (QED) is 0.731. The minimum atomic E-state index is -0.575. The van der Waals surface area contributed by atoms with E-state index in [1.54, 1.807) is 6.07 Å². The first-order chi connectivity index (χ1) is 8.90. The van der Waals surface area contributed by atoms with Crippen LogP contribution in [0.2, 0.25) is 5.02 Å². The van der Waals surface area contributed by atoms with E-state index in [0.717, 1.165) is 16.7 Å². The van der Waals surface area contributed by atoms with Gasteiger partial charge in [0.1, 0.15) is 5.82 Å². The Bertz CT molecular complexity index is 662. The summed E-state index contributed by atoms with van der Waals surface area (Å²) in [5.74, 6) is -0.759. The van der Waals surface area contributed by atoms with E-state index in [9.17, 15) is 9.18 Å². The molecule has 0 unspecified atom stereocenters. The number of rotatable bonds is 2. The molecule has 0 aromatic heterocycles. The van der Waals surface area contributed by atoms with Crippen molar-refractivity contribution in [3.63, 3.8) is 0 Å². The van der Waals surface area contributed by atoms with Crippen molar-refractivity contribution in [3.05, 3.63) is 69.0 Å². The molecule has 2 aromatic rings. The van der Waals surface area contributed by atoms with Gasteiger partial charge in [0.25, 0.3) is 0 Å². The van der Waals surface area contributed by atoms with Gasteiger partial charge in [-0.1, -0.05) is 17.7 Å². The number of hydrogen-bond donors (Lipinski definition) is 0. The SMILES string of the molecule is Cc1cc(C)c(C(=O)c2ccc(Cl)c(F)c2)cc1C. The zero-order valence-electron chi connectivity index (χ0n) is 11.1. The maximum Gasteiger partial charge on any atom is 0.193 e. The van der Waals surface area contributed by atoms with Gasteiger partial charge < -0.3 is 0 Å². The molecular weight excluding hydrogens is 263 g/mol. The topological polar surface area (TPSA) is 17.1 Å². The highest BCUT2D eigenvalue weighted by atomic mass is 35.5. The molecule has 0 saturated carbocycles. The van der Waals surface area contributed by atoms with Crippen molar-refractivity contribution < 1.29 is 9.18 Å². The minimum Gasteiger partial charge on any atom is -0.289 e. The molecule has 0 atom stereocenters. The van der Waals surface area contributed by atoms with Crippen molar-refractivity contribution in [1.82, 2.24) is 0 Å². The fourth-order valence-corrected chi connectivity index (χ4v) is 2.12. The van der Waals surface area contributed by atoms with Crippen LogP contribution in [0.1, 0.15) is 32.6 Å². The van der Waals surface area contributed by atoms with Crippen LogP contribution < -0.4 is 0 Å². The highest BCUT2D eigenvalue weighted by molar-refractivity contribution is 6.30. The Morgan fingerprint density at radius 1 is 1.00 bits per heavy atom. The monoisotopic (exact) mass is 276 g/mol. The summed E-state index contributed by atoms with van der Waals surface area (Å²) in [7, 11) is 0. The molecule has 19 heavy (non-hydrogen) atoms. The van der Waals surface area contributed by atoms with E-state index in [-0.39, 0.29) is 10.8 Å². The first-order valence-electron chi connectivity index (χ1n) is 5.97. The summed E-state index contributed by atoms with van der Waals surface area (Å²) in [6, 6.07) is 7.94. The summed E-state index contributed by atoms with van der Waals surface area (Å²) in [6.07, 6.45) is 0. The van der Waals surface area contributed by atoms with Crippen LogP contribution in [0.15, 0.2) is 30.3 Å². The van der Waals surface area contributed by atoms with Gasteiger partial charge in [-0.25, -0.2) is 4.39 Å². The van der Waals surface area contributed by atoms with E-state index < -0.39 is 5.82 Å². The molecule has 0 bridgehead atoms. The standard InChI is InChI=1S/C16H14ClFO/c1-9-6-11(3)13(7-10(9)2)16(19)12-4-5-14(17)15(18)8-12/h4-8H,1-3H3. The molecule has 0 aliphatic rings. The van der Waals surface area contributed by atoms with Crippen molar-refractivity contribution in [1.29, 1.82) is 0 Å². The third kappa shape index (κ3) is 2.69. The largest absolute Gasteiger partial charge is 0.289 e. The molecule has 0 radical (unpaired) electrons. The van der Waals surface area contributed by atoms with E-state index in [1.165, 1.54) is 12.1 Å². The first kappa shape index (κ1) is 13.8. The predicted octanol–water partition coefficient (Wildman–Crippen LogP) is 4.64. The molecule has 0 heterocycles. The molecule has 3 heteroatoms. The normalized spacial score (nSPS) is 10.6. The summed E-state index contributed by atoms with van der Waals surface area (Å²) in [6.45, 7) is 5.83. The molecule has 98 valence electrons. The number of carbonyl (C=O) groups excluding carboxylic acids is 1. The lowest BCUT2D eigenvalue weighted by Crippen LogP contribution is -2.05. The van der Waals surface area contributed by atoms with Crippen LogP contribution in [0.5, 0.6) is 0 Å². The summed E-state index contributed by atoms with van der Waals surface area (Å²) in [5.41, 5.74) is 3.99. The lowest BCUT2D eigenvalue weighted by molar-refractivity contribution is 0.103. The van der Waals surface area contributed by atoms with Crippen molar-refractivity contribution >= 4 is 17.4 Å². The molecule has 0 aliphatic carbocycles. The number of benzene rings is 2. The van der Waals surface area contributed by atoms with Gasteiger partial charge in [0.15, 0.2) is 5.78 Å². The van der Waals surface area contributed by atoms with E-state index in [4.69, 9.17) is 11.6 Å². The third-order valence-corrected chi connectivity index (χ3v) is 3.57. The van der Waals surface area contributed by atoms with Crippen molar-refractivity contribution in [2.75, 3.05) is 0 Å². The highest BCUT2D eigenvalue weighted by Crippen LogP contribution is 2.21. The second-order valence-electron chi connectivity index (χ2n) is 4.71. The molecule has 0 saturated heterocycles. The van der Waals surface area contributed by atoms with Gasteiger partial charge >= 0.3 is 0 Å². The second kappa shape index (κ2) is 5.14. The molecule has 0 spiro atoms. The van der Waals surface area contributed by atoms with Gasteiger partial charge in [-0.3, -0.25) is 4.79 Å². The molecule has 1 nitrogen and oxygen atoms in total. The van der Waals surface area contributed by atoms with Crippen LogP contribution in [-0.2, 0) is 0 Å². The number of carbonyl (C=O) groups is 1. The average molecular weight is 277 g/mol. The Kier molecular flexibility index (Phi) is 3.72. The predicted molar refractivity (Wildman–Crippen MR) is 75.5 cm³/mol. The first-order valence-corrected chi connectivity index (χ1v) is 6.35. The van der Waals surface area contributed by atoms with Crippen molar-refractivity contribution in [3.8, 4) is 0 Å². The molecule has 0 N–H and O–H groups in total. The summed E-state index contributed by atoms with van der Waals surface area (Å²) < 4.78 is 13.4. The molecular formula is C16H14ClFO. The third-order valence-electron chi connectivity index (χ3n) is 3.27. The Balaban J connectivity index is 2.49. The van der Waals surface area contributed by atoms with Crippen molar-refractivity contribution in [2.24, 2.45) is 0 Å². The number of ketones is 1. The zero-order valence-corrected chi connectivity index (χ0v) is 11.8. The maximum absolute atomic E-state index is 13.4. The van der Waals surface area contributed by atoms with Crippen LogP contribution in [0.4, 0.5) is 4.39 Å². The van der Waals surface area contributed by atoms with E-state index in [1.807, 2.05) is 32.9 Å². The number of hydrogen-bond acceptors (Lipinski definition) is 1. The van der Waals surface area contributed by atoms with Gasteiger partial charge in [0, 0.05) is 11.1 Å². The Hall–Kier alpha value is -1.67. The Morgan fingerprint density at radius 2 is 1.63 bits per heavy atom. The summed E-state index contributed by atoms with van der Waals surface area (Å²) in [4.78, 5) is 12.4. The molecule has 2 aromatic carbocycles. The second-order valence-corrected chi connectivity index (χ2v) is 5.12. The fraction of sp³-hybridized carbons (Fsp3) is 0.188. The molecule has 0 amide bonds. The Morgan fingerprint density at radius 3 is 2.26 bits per heavy atom. The lowest BCUT2D eigenvalue weighted by atomic mass is 9.95. The number of halogens is 2. The summed E-state index contributed by atoms with van der Waals surface area (Å²) in [5, 5.41) is 0.0216. The molecule has 0 fully saturated rings. The molecule has 2 rings (SSSR count). The van der Waals surface area contributed by atoms with E-state index in [0.29, 0.717) is 11.1 Å². The van der Waals surface area contributed by atoms with Crippen LogP contribution in [0, 0.1) is 26.6 Å². The van der Waals surface area contributed by atoms with Crippen LogP contribution in [0.3, 0.4) is 0 Å². The maximum atomic E-state index is 13.4. The Labute approximate surface area is 117 Å². The van der Waals surface area contributed by atoms with Crippen molar-refractivity contribution in [2.45, 2.75) is 20.8 Å². The van der Waals surface area contributed by atoms with Crippen LogP contribution >= 0.6 is 11.6 Å². The average Bonchev–Trinajstić information content (AvgIpc) is 2.36. The zero-order chi connectivity index (χ0) is 14.2. The van der Waals surface area contributed by atoms with Gasteiger partial charge in [0.2, 0.25) is 0 Å². The number of aryl methyl sites for hydroxylation is 3. The van der Waals surface area contributed by atoms with Gasteiger partial charge in [-0.2, -0.15) is 0 Å². The van der Waals surface area contributed by atoms with E-state index in [2.05, 4.69) is 0 Å². The van der Waals surface area contributed by atoms with E-state index >= 15 is 0 Å². The molecule has 0 aliphatic heterocycles. The van der Waals surface area contributed by atoms with Gasteiger partial charge in [-0.15, -0.1) is 0 Å². The van der Waals surface area contributed by atoms with Crippen LogP contribution in [-0.4, -0.2) is 5.78 Å². The minimum absolute atomic E-state index is 0.0216.